The van der Waals surface area contributed by atoms with E-state index in [2.05, 4.69) is 5.32 Å². The van der Waals surface area contributed by atoms with Crippen LogP contribution in [0.4, 0.5) is 0 Å². The standard InChI is InChI=1S/C25H24ClN3O2/c1-15(2)27-23(30)13-22-20-12-24(31)29(3)14-21(20)18-6-4-5-7-19(18)25(28-22)16-8-10-17(26)11-9-16/h4-12,14-15,22H,13H2,1-3H3,(H,27,30)/t22-/m0/s1. The third-order valence-electron chi connectivity index (χ3n) is 5.32. The maximum absolute atomic E-state index is 12.7. The summed E-state index contributed by atoms with van der Waals surface area (Å²) in [6.45, 7) is 3.85. The van der Waals surface area contributed by atoms with E-state index in [4.69, 9.17) is 16.6 Å². The average Bonchev–Trinajstić information content (AvgIpc) is 2.84. The van der Waals surface area contributed by atoms with Gasteiger partial charge in [-0.3, -0.25) is 14.6 Å². The highest BCUT2D eigenvalue weighted by Gasteiger charge is 2.27. The number of rotatable bonds is 4. The Balaban J connectivity index is 1.96. The van der Waals surface area contributed by atoms with Gasteiger partial charge in [-0.1, -0.05) is 48.0 Å². The van der Waals surface area contributed by atoms with Gasteiger partial charge in [-0.15, -0.1) is 0 Å². The van der Waals surface area contributed by atoms with Crippen molar-refractivity contribution >= 4 is 23.2 Å². The minimum Gasteiger partial charge on any atom is -0.354 e. The number of pyridine rings is 1. The lowest BCUT2D eigenvalue weighted by atomic mass is 9.92. The van der Waals surface area contributed by atoms with Crippen LogP contribution in [0.3, 0.4) is 0 Å². The van der Waals surface area contributed by atoms with Crippen LogP contribution < -0.4 is 10.9 Å². The van der Waals surface area contributed by atoms with Gasteiger partial charge < -0.3 is 9.88 Å². The predicted octanol–water partition coefficient (Wildman–Crippen LogP) is 4.51. The zero-order valence-corrected chi connectivity index (χ0v) is 18.5. The molecule has 0 spiro atoms. The maximum Gasteiger partial charge on any atom is 0.250 e. The molecule has 2 aromatic carbocycles. The number of aromatic nitrogens is 1. The lowest BCUT2D eigenvalue weighted by Gasteiger charge is -2.17. The molecule has 2 heterocycles. The Bertz CT molecular complexity index is 1230. The first kappa shape index (κ1) is 21.1. The molecule has 4 rings (SSSR count). The van der Waals surface area contributed by atoms with Crippen molar-refractivity contribution in [2.24, 2.45) is 12.0 Å². The van der Waals surface area contributed by atoms with E-state index in [1.807, 2.05) is 68.6 Å². The zero-order valence-electron chi connectivity index (χ0n) is 17.7. The molecule has 1 aliphatic rings. The van der Waals surface area contributed by atoms with E-state index in [0.29, 0.717) is 5.02 Å². The van der Waals surface area contributed by atoms with Crippen molar-refractivity contribution in [2.75, 3.05) is 0 Å². The third-order valence-corrected chi connectivity index (χ3v) is 5.57. The van der Waals surface area contributed by atoms with Gasteiger partial charge in [0.25, 0.3) is 5.56 Å². The number of halogens is 1. The number of hydrogen-bond donors (Lipinski definition) is 1. The van der Waals surface area contributed by atoms with Gasteiger partial charge in [-0.25, -0.2) is 0 Å². The number of aryl methyl sites for hydroxylation is 1. The Morgan fingerprint density at radius 3 is 2.45 bits per heavy atom. The van der Waals surface area contributed by atoms with Gasteiger partial charge in [-0.05, 0) is 37.1 Å². The predicted molar refractivity (Wildman–Crippen MR) is 125 cm³/mol. The molecule has 6 heteroatoms. The molecular formula is C25H24ClN3O2. The summed E-state index contributed by atoms with van der Waals surface area (Å²) in [6.07, 6.45) is 1.99. The molecule has 0 unspecified atom stereocenters. The van der Waals surface area contributed by atoms with Gasteiger partial charge in [0.05, 0.1) is 18.2 Å². The highest BCUT2D eigenvalue weighted by atomic mass is 35.5. The van der Waals surface area contributed by atoms with E-state index in [-0.39, 0.29) is 23.9 Å². The molecule has 0 saturated carbocycles. The average molecular weight is 434 g/mol. The van der Waals surface area contributed by atoms with Crippen molar-refractivity contribution in [3.05, 3.63) is 92.9 Å². The Labute approximate surface area is 186 Å². The summed E-state index contributed by atoms with van der Waals surface area (Å²) in [5.41, 5.74) is 5.17. The van der Waals surface area contributed by atoms with E-state index in [1.54, 1.807) is 17.7 Å². The fourth-order valence-electron chi connectivity index (χ4n) is 3.91. The lowest BCUT2D eigenvalue weighted by Crippen LogP contribution is -2.31. The molecule has 1 aliphatic heterocycles. The Kier molecular flexibility index (Phi) is 5.79. The first-order valence-corrected chi connectivity index (χ1v) is 10.6. The monoisotopic (exact) mass is 433 g/mol. The smallest absolute Gasteiger partial charge is 0.250 e. The number of carbonyl (C=O) groups excluding carboxylic acids is 1. The van der Waals surface area contributed by atoms with Crippen molar-refractivity contribution in [3.63, 3.8) is 0 Å². The molecule has 0 radical (unpaired) electrons. The zero-order chi connectivity index (χ0) is 22.1. The van der Waals surface area contributed by atoms with E-state index in [9.17, 15) is 9.59 Å². The minimum atomic E-state index is -0.485. The molecule has 1 N–H and O–H groups in total. The Hall–Kier alpha value is -3.18. The number of nitrogens with zero attached hydrogens (tertiary/aromatic N) is 2. The van der Waals surface area contributed by atoms with E-state index in [0.717, 1.165) is 33.5 Å². The van der Waals surface area contributed by atoms with Crippen molar-refractivity contribution in [2.45, 2.75) is 32.4 Å². The number of hydrogen-bond acceptors (Lipinski definition) is 3. The van der Waals surface area contributed by atoms with Crippen LogP contribution in [-0.2, 0) is 11.8 Å². The highest BCUT2D eigenvalue weighted by Crippen LogP contribution is 2.38. The van der Waals surface area contributed by atoms with Crippen molar-refractivity contribution < 1.29 is 4.79 Å². The first-order chi connectivity index (χ1) is 14.8. The normalized spacial score (nSPS) is 15.0. The topological polar surface area (TPSA) is 63.5 Å². The van der Waals surface area contributed by atoms with Crippen LogP contribution in [0, 0.1) is 0 Å². The highest BCUT2D eigenvalue weighted by molar-refractivity contribution is 6.30. The number of carbonyl (C=O) groups is 1. The number of nitrogens with one attached hydrogen (secondary N) is 1. The second-order valence-electron chi connectivity index (χ2n) is 8.06. The molecular weight excluding hydrogens is 410 g/mol. The van der Waals surface area contributed by atoms with Gasteiger partial charge in [0.1, 0.15) is 0 Å². The fraction of sp³-hybridized carbons (Fsp3) is 0.240. The number of aliphatic imine (C=N–C) groups is 1. The van der Waals surface area contributed by atoms with Gasteiger partial charge in [0, 0.05) is 47.1 Å². The summed E-state index contributed by atoms with van der Waals surface area (Å²) in [4.78, 5) is 30.2. The Morgan fingerprint density at radius 1 is 1.10 bits per heavy atom. The molecule has 0 fully saturated rings. The second kappa shape index (κ2) is 8.52. The SMILES string of the molecule is CC(C)NC(=O)C[C@@H]1N=C(c2ccc(Cl)cc2)c2ccccc2-c2cn(C)c(=O)cc21. The molecule has 0 bridgehead atoms. The number of fused-ring (bicyclic) bond motifs is 3. The quantitative estimate of drug-likeness (QED) is 0.657. The molecule has 158 valence electrons. The van der Waals surface area contributed by atoms with Crippen LogP contribution in [0.2, 0.25) is 5.02 Å². The van der Waals surface area contributed by atoms with Gasteiger partial charge in [-0.2, -0.15) is 0 Å². The van der Waals surface area contributed by atoms with Gasteiger partial charge in [0.2, 0.25) is 5.91 Å². The molecule has 5 nitrogen and oxygen atoms in total. The van der Waals surface area contributed by atoms with E-state index >= 15 is 0 Å². The summed E-state index contributed by atoms with van der Waals surface area (Å²) in [5.74, 6) is -0.100. The summed E-state index contributed by atoms with van der Waals surface area (Å²) >= 11 is 6.11. The third kappa shape index (κ3) is 4.32. The van der Waals surface area contributed by atoms with E-state index in [1.165, 1.54) is 0 Å². The number of amides is 1. The van der Waals surface area contributed by atoms with E-state index < -0.39 is 6.04 Å². The van der Waals surface area contributed by atoms with Gasteiger partial charge in [0.15, 0.2) is 0 Å². The second-order valence-corrected chi connectivity index (χ2v) is 8.50. The van der Waals surface area contributed by atoms with Crippen molar-refractivity contribution in [1.82, 2.24) is 9.88 Å². The molecule has 0 aliphatic carbocycles. The van der Waals surface area contributed by atoms with Crippen molar-refractivity contribution in [3.8, 4) is 11.1 Å². The van der Waals surface area contributed by atoms with Crippen LogP contribution in [-0.4, -0.2) is 22.2 Å². The molecule has 0 saturated heterocycles. The van der Waals surface area contributed by atoms with Crippen LogP contribution in [0.15, 0.2) is 70.6 Å². The number of benzene rings is 2. The molecule has 1 atom stereocenters. The van der Waals surface area contributed by atoms with Crippen LogP contribution in [0.5, 0.6) is 0 Å². The largest absolute Gasteiger partial charge is 0.354 e. The first-order valence-electron chi connectivity index (χ1n) is 10.3. The van der Waals surface area contributed by atoms with Crippen LogP contribution >= 0.6 is 11.6 Å². The van der Waals surface area contributed by atoms with Crippen molar-refractivity contribution in [1.29, 1.82) is 0 Å². The van der Waals surface area contributed by atoms with Crippen LogP contribution in [0.1, 0.15) is 43.0 Å². The summed E-state index contributed by atoms with van der Waals surface area (Å²) < 4.78 is 1.56. The molecule has 1 amide bonds. The Morgan fingerprint density at radius 2 is 1.77 bits per heavy atom. The maximum atomic E-state index is 12.7. The lowest BCUT2D eigenvalue weighted by molar-refractivity contribution is -0.121. The molecule has 31 heavy (non-hydrogen) atoms. The van der Waals surface area contributed by atoms with Gasteiger partial charge >= 0.3 is 0 Å². The van der Waals surface area contributed by atoms with Crippen LogP contribution in [0.25, 0.3) is 11.1 Å². The minimum absolute atomic E-state index is 0.0262. The summed E-state index contributed by atoms with van der Waals surface area (Å²) in [7, 11) is 1.73. The fourth-order valence-corrected chi connectivity index (χ4v) is 4.04. The summed E-state index contributed by atoms with van der Waals surface area (Å²) in [6, 6.07) is 16.7. The molecule has 1 aromatic heterocycles. The summed E-state index contributed by atoms with van der Waals surface area (Å²) in [5, 5.41) is 3.59. The molecule has 3 aromatic rings.